The Morgan fingerprint density at radius 1 is 0.946 bits per heavy atom. The summed E-state index contributed by atoms with van der Waals surface area (Å²) >= 11 is 0. The zero-order chi connectivity index (χ0) is 25.8. The van der Waals surface area contributed by atoms with Crippen molar-refractivity contribution in [2.75, 3.05) is 13.1 Å². The predicted octanol–water partition coefficient (Wildman–Crippen LogP) is 6.91. The van der Waals surface area contributed by atoms with E-state index in [2.05, 4.69) is 107 Å². The smallest absolute Gasteiger partial charge is 0.268 e. The number of benzene rings is 3. The van der Waals surface area contributed by atoms with Crippen LogP contribution in [0.15, 0.2) is 84.9 Å². The molecular weight excluding hydrogens is 454 g/mol. The van der Waals surface area contributed by atoms with Crippen LogP contribution in [-0.2, 0) is 0 Å². The summed E-state index contributed by atoms with van der Waals surface area (Å²) in [6, 6.07) is 30.3. The van der Waals surface area contributed by atoms with Crippen LogP contribution in [-0.4, -0.2) is 29.6 Å². The molecule has 1 saturated heterocycles. The summed E-state index contributed by atoms with van der Waals surface area (Å²) in [6.45, 7) is 8.38. The molecule has 1 aromatic heterocycles. The van der Waals surface area contributed by atoms with Gasteiger partial charge in [-0.25, -0.2) is 0 Å². The highest BCUT2D eigenvalue weighted by molar-refractivity contribution is 6.03. The Balaban J connectivity index is 1.85. The van der Waals surface area contributed by atoms with E-state index in [1.807, 2.05) is 13.8 Å². The first-order valence-electron chi connectivity index (χ1n) is 13.8. The lowest BCUT2D eigenvalue weighted by molar-refractivity contribution is 0.0928. The van der Waals surface area contributed by atoms with Gasteiger partial charge in [0.25, 0.3) is 5.91 Å². The highest BCUT2D eigenvalue weighted by atomic mass is 16.2. The molecule has 0 radical (unpaired) electrons. The number of carbonyl (C=O) groups excluding carboxylic acids is 1. The van der Waals surface area contributed by atoms with Gasteiger partial charge in [-0.15, -0.1) is 0 Å². The third kappa shape index (κ3) is 5.08. The molecule has 0 spiro atoms. The van der Waals surface area contributed by atoms with E-state index in [0.717, 1.165) is 49.1 Å². The van der Waals surface area contributed by atoms with E-state index in [4.69, 9.17) is 0 Å². The van der Waals surface area contributed by atoms with Crippen LogP contribution in [0.2, 0.25) is 0 Å². The van der Waals surface area contributed by atoms with Crippen LogP contribution in [0.5, 0.6) is 0 Å². The first kappa shape index (κ1) is 25.3. The molecule has 37 heavy (non-hydrogen) atoms. The Morgan fingerprint density at radius 2 is 1.57 bits per heavy atom. The molecule has 2 N–H and O–H groups in total. The second-order valence-corrected chi connectivity index (χ2v) is 10.6. The molecule has 2 atom stereocenters. The zero-order valence-corrected chi connectivity index (χ0v) is 22.3. The molecule has 1 fully saturated rings. The van der Waals surface area contributed by atoms with Gasteiger partial charge in [-0.05, 0) is 62.9 Å². The Hall–Kier alpha value is -3.37. The summed E-state index contributed by atoms with van der Waals surface area (Å²) in [5.74, 6) is 0.469. The topological polar surface area (TPSA) is 46.1 Å². The number of nitrogens with zero attached hydrogens (tertiary/aromatic N) is 1. The van der Waals surface area contributed by atoms with E-state index in [1.165, 1.54) is 16.5 Å². The second kappa shape index (κ2) is 11.4. The SMILES string of the molecule is CCCC(C1CCNC1)n1c(C(=O)NC(C)C)c(C(c2ccccc2)c2ccccc2)c2ccccc21. The normalized spacial score (nSPS) is 16.5. The van der Waals surface area contributed by atoms with Crippen LogP contribution < -0.4 is 10.6 Å². The van der Waals surface area contributed by atoms with Crippen LogP contribution >= 0.6 is 0 Å². The highest BCUT2D eigenvalue weighted by Gasteiger charge is 2.35. The van der Waals surface area contributed by atoms with Crippen molar-refractivity contribution in [1.29, 1.82) is 0 Å². The van der Waals surface area contributed by atoms with Crippen molar-refractivity contribution in [3.8, 4) is 0 Å². The number of nitrogens with one attached hydrogen (secondary N) is 2. The van der Waals surface area contributed by atoms with Crippen LogP contribution in [0.3, 0.4) is 0 Å². The molecule has 4 heteroatoms. The summed E-state index contributed by atoms with van der Waals surface area (Å²) in [4.78, 5) is 14.2. The van der Waals surface area contributed by atoms with Crippen molar-refractivity contribution >= 4 is 16.8 Å². The van der Waals surface area contributed by atoms with E-state index in [1.54, 1.807) is 0 Å². The number of hydrogen-bond donors (Lipinski definition) is 2. The number of amides is 1. The molecule has 2 heterocycles. The summed E-state index contributed by atoms with van der Waals surface area (Å²) < 4.78 is 2.42. The third-order valence-electron chi connectivity index (χ3n) is 7.70. The predicted molar refractivity (Wildman–Crippen MR) is 153 cm³/mol. The quantitative estimate of drug-likeness (QED) is 0.266. The van der Waals surface area contributed by atoms with Gasteiger partial charge in [-0.3, -0.25) is 4.79 Å². The highest BCUT2D eigenvalue weighted by Crippen LogP contribution is 2.43. The fourth-order valence-electron chi connectivity index (χ4n) is 6.18. The first-order chi connectivity index (χ1) is 18.1. The first-order valence-corrected chi connectivity index (χ1v) is 13.8. The number of carbonyl (C=O) groups is 1. The van der Waals surface area contributed by atoms with Crippen LogP contribution in [0.1, 0.15) is 79.2 Å². The largest absolute Gasteiger partial charge is 0.349 e. The van der Waals surface area contributed by atoms with E-state index in [0.29, 0.717) is 5.92 Å². The van der Waals surface area contributed by atoms with E-state index < -0.39 is 0 Å². The van der Waals surface area contributed by atoms with E-state index >= 15 is 0 Å². The summed E-state index contributed by atoms with van der Waals surface area (Å²) in [5.41, 5.74) is 5.49. The maximum atomic E-state index is 14.2. The van der Waals surface area contributed by atoms with Gasteiger partial charge in [0.05, 0.1) is 0 Å². The molecule has 4 aromatic rings. The number of fused-ring (bicyclic) bond motifs is 1. The van der Waals surface area contributed by atoms with Gasteiger partial charge in [0.1, 0.15) is 5.69 Å². The summed E-state index contributed by atoms with van der Waals surface area (Å²) in [7, 11) is 0. The standard InChI is InChI=1S/C33H39N3O/c1-4-13-28(26-20-21-34-22-26)36-29-19-12-11-18-27(29)31(32(36)33(37)35-23(2)3)30(24-14-7-5-8-15-24)25-16-9-6-10-17-25/h5-12,14-19,23,26,28,30,34H,4,13,20-22H2,1-3H3,(H,35,37). The molecule has 1 amide bonds. The lowest BCUT2D eigenvalue weighted by Crippen LogP contribution is -2.34. The molecule has 5 rings (SSSR count). The zero-order valence-electron chi connectivity index (χ0n) is 22.3. The maximum absolute atomic E-state index is 14.2. The van der Waals surface area contributed by atoms with Crippen molar-refractivity contribution in [1.82, 2.24) is 15.2 Å². The molecule has 4 nitrogen and oxygen atoms in total. The van der Waals surface area contributed by atoms with Crippen molar-refractivity contribution in [2.24, 2.45) is 5.92 Å². The Bertz CT molecular complexity index is 1280. The number of aromatic nitrogens is 1. The van der Waals surface area contributed by atoms with Crippen molar-refractivity contribution in [2.45, 2.75) is 58.0 Å². The molecule has 192 valence electrons. The molecule has 0 saturated carbocycles. The number of rotatable bonds is 9. The minimum atomic E-state index is -0.0505. The average molecular weight is 494 g/mol. The van der Waals surface area contributed by atoms with E-state index in [-0.39, 0.29) is 23.9 Å². The van der Waals surface area contributed by atoms with Gasteiger partial charge >= 0.3 is 0 Å². The number of para-hydroxylation sites is 1. The molecule has 3 aromatic carbocycles. The van der Waals surface area contributed by atoms with Crippen LogP contribution in [0.25, 0.3) is 10.9 Å². The van der Waals surface area contributed by atoms with Gasteiger partial charge in [0.2, 0.25) is 0 Å². The van der Waals surface area contributed by atoms with E-state index in [9.17, 15) is 4.79 Å². The van der Waals surface area contributed by atoms with Crippen molar-refractivity contribution in [3.63, 3.8) is 0 Å². The minimum Gasteiger partial charge on any atom is -0.349 e. The van der Waals surface area contributed by atoms with Gasteiger partial charge < -0.3 is 15.2 Å². The molecule has 1 aliphatic rings. The van der Waals surface area contributed by atoms with Gasteiger partial charge in [0, 0.05) is 34.5 Å². The van der Waals surface area contributed by atoms with Crippen molar-refractivity contribution < 1.29 is 4.79 Å². The van der Waals surface area contributed by atoms with Crippen molar-refractivity contribution in [3.05, 3.63) is 107 Å². The Morgan fingerprint density at radius 3 is 2.14 bits per heavy atom. The average Bonchev–Trinajstić information content (AvgIpc) is 3.56. The van der Waals surface area contributed by atoms with Crippen LogP contribution in [0.4, 0.5) is 0 Å². The molecule has 0 bridgehead atoms. The summed E-state index contributed by atoms with van der Waals surface area (Å²) in [6.07, 6.45) is 3.27. The van der Waals surface area contributed by atoms with Gasteiger partial charge in [-0.1, -0.05) is 92.2 Å². The lowest BCUT2D eigenvalue weighted by Gasteiger charge is -2.29. The summed E-state index contributed by atoms with van der Waals surface area (Å²) in [5, 5.41) is 8.02. The third-order valence-corrected chi connectivity index (χ3v) is 7.70. The Labute approximate surface area is 221 Å². The fourth-order valence-corrected chi connectivity index (χ4v) is 6.18. The maximum Gasteiger partial charge on any atom is 0.268 e. The number of hydrogen-bond acceptors (Lipinski definition) is 2. The second-order valence-electron chi connectivity index (χ2n) is 10.6. The monoisotopic (exact) mass is 493 g/mol. The molecule has 0 aliphatic carbocycles. The molecule has 2 unspecified atom stereocenters. The molecular formula is C33H39N3O. The fraction of sp³-hybridized carbons (Fsp3) is 0.364. The minimum absolute atomic E-state index is 0.0186. The van der Waals surface area contributed by atoms with Crippen LogP contribution in [0, 0.1) is 5.92 Å². The van der Waals surface area contributed by atoms with Gasteiger partial charge in [-0.2, -0.15) is 0 Å². The lowest BCUT2D eigenvalue weighted by atomic mass is 9.83. The Kier molecular flexibility index (Phi) is 7.76. The van der Waals surface area contributed by atoms with Gasteiger partial charge in [0.15, 0.2) is 0 Å². The molecule has 1 aliphatic heterocycles.